The van der Waals surface area contributed by atoms with Gasteiger partial charge in [-0.1, -0.05) is 6.92 Å². The lowest BCUT2D eigenvalue weighted by molar-refractivity contribution is -0.140. The van der Waals surface area contributed by atoms with Crippen molar-refractivity contribution >= 4 is 17.8 Å². The van der Waals surface area contributed by atoms with Gasteiger partial charge in [-0.25, -0.2) is 0 Å². The number of amides is 2. The smallest absolute Gasteiger partial charge is 0.303 e. The molecule has 6 heteroatoms. The van der Waals surface area contributed by atoms with E-state index in [1.807, 2.05) is 6.92 Å². The van der Waals surface area contributed by atoms with Crippen molar-refractivity contribution in [3.8, 4) is 0 Å². The van der Waals surface area contributed by atoms with Gasteiger partial charge in [-0.05, 0) is 31.1 Å². The Morgan fingerprint density at radius 2 is 2.05 bits per heavy atom. The Labute approximate surface area is 124 Å². The predicted octanol–water partition coefficient (Wildman–Crippen LogP) is 0.862. The minimum absolute atomic E-state index is 0.00855. The van der Waals surface area contributed by atoms with Crippen LogP contribution in [0, 0.1) is 17.8 Å². The normalized spacial score (nSPS) is 28.0. The second-order valence-corrected chi connectivity index (χ2v) is 6.31. The van der Waals surface area contributed by atoms with Crippen LogP contribution in [0.3, 0.4) is 0 Å². The third-order valence-corrected chi connectivity index (χ3v) is 4.42. The van der Waals surface area contributed by atoms with Gasteiger partial charge in [-0.15, -0.1) is 0 Å². The first kappa shape index (κ1) is 15.8. The Balaban J connectivity index is 1.67. The zero-order valence-corrected chi connectivity index (χ0v) is 12.5. The summed E-state index contributed by atoms with van der Waals surface area (Å²) >= 11 is 0. The van der Waals surface area contributed by atoms with Crippen LogP contribution >= 0.6 is 0 Å². The number of rotatable bonds is 6. The number of carboxylic acids is 1. The minimum atomic E-state index is -0.805. The summed E-state index contributed by atoms with van der Waals surface area (Å²) in [5, 5.41) is 11.6. The van der Waals surface area contributed by atoms with Crippen molar-refractivity contribution in [2.75, 3.05) is 19.6 Å². The molecule has 2 rings (SSSR count). The Morgan fingerprint density at radius 1 is 1.33 bits per heavy atom. The van der Waals surface area contributed by atoms with Gasteiger partial charge < -0.3 is 15.3 Å². The number of carbonyl (C=O) groups is 3. The van der Waals surface area contributed by atoms with Gasteiger partial charge in [0.25, 0.3) is 0 Å². The third-order valence-electron chi connectivity index (χ3n) is 4.42. The molecule has 118 valence electrons. The average molecular weight is 296 g/mol. The molecule has 1 heterocycles. The molecule has 21 heavy (non-hydrogen) atoms. The molecule has 0 aromatic carbocycles. The molecular formula is C15H24N2O4. The fourth-order valence-electron chi connectivity index (χ4n) is 2.97. The van der Waals surface area contributed by atoms with Crippen molar-refractivity contribution in [1.82, 2.24) is 10.2 Å². The quantitative estimate of drug-likeness (QED) is 0.761. The molecule has 1 aliphatic carbocycles. The summed E-state index contributed by atoms with van der Waals surface area (Å²) in [5.41, 5.74) is 0. The number of nitrogens with zero attached hydrogens (tertiary/aromatic N) is 1. The molecule has 3 atom stereocenters. The second-order valence-electron chi connectivity index (χ2n) is 6.31. The standard InChI is InChI=1S/C15H24N2O4/c1-10-7-12(10)15(21)16-5-4-13(18)17-6-2-3-11(9-17)8-14(19)20/h10-12H,2-9H2,1H3,(H,16,21)(H,19,20). The van der Waals surface area contributed by atoms with Gasteiger partial charge in [0.1, 0.15) is 0 Å². The molecule has 1 saturated carbocycles. The van der Waals surface area contributed by atoms with E-state index in [0.29, 0.717) is 32.0 Å². The minimum Gasteiger partial charge on any atom is -0.481 e. The lowest BCUT2D eigenvalue weighted by atomic mass is 9.94. The number of carbonyl (C=O) groups excluding carboxylic acids is 2. The van der Waals surface area contributed by atoms with Gasteiger partial charge in [0.15, 0.2) is 0 Å². The highest BCUT2D eigenvalue weighted by molar-refractivity contribution is 5.82. The van der Waals surface area contributed by atoms with Crippen LogP contribution in [0.15, 0.2) is 0 Å². The number of likely N-dealkylation sites (tertiary alicyclic amines) is 1. The van der Waals surface area contributed by atoms with E-state index in [0.717, 1.165) is 19.3 Å². The van der Waals surface area contributed by atoms with Crippen LogP contribution in [-0.4, -0.2) is 47.4 Å². The van der Waals surface area contributed by atoms with Gasteiger partial charge in [0, 0.05) is 38.4 Å². The summed E-state index contributed by atoms with van der Waals surface area (Å²) in [4.78, 5) is 36.2. The summed E-state index contributed by atoms with van der Waals surface area (Å²) < 4.78 is 0. The van der Waals surface area contributed by atoms with E-state index < -0.39 is 5.97 Å². The highest BCUT2D eigenvalue weighted by Gasteiger charge is 2.38. The summed E-state index contributed by atoms with van der Waals surface area (Å²) in [6.07, 6.45) is 3.09. The van der Waals surface area contributed by atoms with Crippen LogP contribution in [0.25, 0.3) is 0 Å². The highest BCUT2D eigenvalue weighted by Crippen LogP contribution is 2.37. The van der Waals surface area contributed by atoms with E-state index in [9.17, 15) is 14.4 Å². The Hall–Kier alpha value is -1.59. The van der Waals surface area contributed by atoms with Crippen LogP contribution < -0.4 is 5.32 Å². The molecule has 6 nitrogen and oxygen atoms in total. The fraction of sp³-hybridized carbons (Fsp3) is 0.800. The van der Waals surface area contributed by atoms with E-state index in [4.69, 9.17) is 5.11 Å². The number of hydrogen-bond donors (Lipinski definition) is 2. The van der Waals surface area contributed by atoms with Crippen LogP contribution in [0.2, 0.25) is 0 Å². The summed E-state index contributed by atoms with van der Waals surface area (Å²) in [7, 11) is 0. The molecular weight excluding hydrogens is 272 g/mol. The maximum absolute atomic E-state index is 12.1. The molecule has 0 bridgehead atoms. The average Bonchev–Trinajstić information content (AvgIpc) is 3.15. The molecule has 0 aromatic heterocycles. The van der Waals surface area contributed by atoms with Crippen molar-refractivity contribution in [3.63, 3.8) is 0 Å². The lowest BCUT2D eigenvalue weighted by Crippen LogP contribution is -2.41. The molecule has 3 unspecified atom stereocenters. The number of carboxylic acid groups (broad SMARTS) is 1. The van der Waals surface area contributed by atoms with Crippen molar-refractivity contribution in [2.45, 2.75) is 39.0 Å². The van der Waals surface area contributed by atoms with Gasteiger partial charge in [-0.3, -0.25) is 14.4 Å². The zero-order chi connectivity index (χ0) is 15.4. The Morgan fingerprint density at radius 3 is 2.67 bits per heavy atom. The second kappa shape index (κ2) is 6.91. The van der Waals surface area contributed by atoms with Gasteiger partial charge >= 0.3 is 5.97 Å². The van der Waals surface area contributed by atoms with Crippen molar-refractivity contribution in [2.24, 2.45) is 17.8 Å². The topological polar surface area (TPSA) is 86.7 Å². The summed E-state index contributed by atoms with van der Waals surface area (Å²) in [6.45, 7) is 3.65. The van der Waals surface area contributed by atoms with Gasteiger partial charge in [0.2, 0.25) is 11.8 Å². The molecule has 2 N–H and O–H groups in total. The zero-order valence-electron chi connectivity index (χ0n) is 12.5. The number of hydrogen-bond acceptors (Lipinski definition) is 3. The van der Waals surface area contributed by atoms with Crippen LogP contribution in [0.4, 0.5) is 0 Å². The number of nitrogens with one attached hydrogen (secondary N) is 1. The maximum atomic E-state index is 12.1. The van der Waals surface area contributed by atoms with E-state index in [1.165, 1.54) is 0 Å². The highest BCUT2D eigenvalue weighted by atomic mass is 16.4. The van der Waals surface area contributed by atoms with E-state index in [2.05, 4.69) is 5.32 Å². The Kier molecular flexibility index (Phi) is 5.20. The molecule has 2 aliphatic rings. The first-order valence-electron chi connectivity index (χ1n) is 7.74. The molecule has 0 spiro atoms. The molecule has 1 aliphatic heterocycles. The van der Waals surface area contributed by atoms with Gasteiger partial charge in [-0.2, -0.15) is 0 Å². The first-order valence-corrected chi connectivity index (χ1v) is 7.74. The van der Waals surface area contributed by atoms with Crippen molar-refractivity contribution in [3.05, 3.63) is 0 Å². The largest absolute Gasteiger partial charge is 0.481 e. The summed E-state index contributed by atoms with van der Waals surface area (Å²) in [6, 6.07) is 0. The first-order chi connectivity index (χ1) is 9.97. The molecule has 0 aromatic rings. The van der Waals surface area contributed by atoms with Gasteiger partial charge in [0.05, 0.1) is 0 Å². The molecule has 2 fully saturated rings. The third kappa shape index (κ3) is 4.72. The Bertz CT molecular complexity index is 424. The molecule has 2 amide bonds. The summed E-state index contributed by atoms with van der Waals surface area (Å²) in [5.74, 6) is -0.0799. The van der Waals surface area contributed by atoms with Crippen molar-refractivity contribution < 1.29 is 19.5 Å². The number of aliphatic carboxylic acids is 1. The molecule has 0 radical (unpaired) electrons. The fourth-order valence-corrected chi connectivity index (χ4v) is 2.97. The van der Waals surface area contributed by atoms with E-state index >= 15 is 0 Å². The molecule has 1 saturated heterocycles. The van der Waals surface area contributed by atoms with Crippen LogP contribution in [-0.2, 0) is 14.4 Å². The van der Waals surface area contributed by atoms with E-state index in [1.54, 1.807) is 4.90 Å². The SMILES string of the molecule is CC1CC1C(=O)NCCC(=O)N1CCCC(CC(=O)O)C1. The maximum Gasteiger partial charge on any atom is 0.303 e. The van der Waals surface area contributed by atoms with E-state index in [-0.39, 0.29) is 30.1 Å². The van der Waals surface area contributed by atoms with Crippen LogP contribution in [0.5, 0.6) is 0 Å². The monoisotopic (exact) mass is 296 g/mol. The predicted molar refractivity (Wildman–Crippen MR) is 76.5 cm³/mol. The number of piperidine rings is 1. The lowest BCUT2D eigenvalue weighted by Gasteiger charge is -2.32. The van der Waals surface area contributed by atoms with Crippen LogP contribution in [0.1, 0.15) is 39.0 Å². The van der Waals surface area contributed by atoms with Crippen molar-refractivity contribution in [1.29, 1.82) is 0 Å².